The third kappa shape index (κ3) is 5.25. The number of ether oxygens (including phenoxy) is 1. The van der Waals surface area contributed by atoms with E-state index in [4.69, 9.17) is 28.6 Å². The van der Waals surface area contributed by atoms with Crippen LogP contribution in [0.1, 0.15) is 5.56 Å². The van der Waals surface area contributed by atoms with Crippen molar-refractivity contribution in [2.45, 2.75) is 6.42 Å². The van der Waals surface area contributed by atoms with Gasteiger partial charge < -0.3 is 15.4 Å². The minimum Gasteiger partial charge on any atom is -0.497 e. The summed E-state index contributed by atoms with van der Waals surface area (Å²) in [4.78, 5) is 0. The first-order valence-corrected chi connectivity index (χ1v) is 7.39. The van der Waals surface area contributed by atoms with Gasteiger partial charge in [-0.3, -0.25) is 0 Å². The minimum absolute atomic E-state index is 0.589. The predicted molar refractivity (Wildman–Crippen MR) is 92.4 cm³/mol. The van der Waals surface area contributed by atoms with E-state index in [1.54, 1.807) is 7.11 Å². The lowest BCUT2D eigenvalue weighted by molar-refractivity contribution is 0.414. The molecule has 3 nitrogen and oxygen atoms in total. The molecule has 0 aliphatic carbocycles. The molecule has 2 aromatic carbocycles. The molecular weight excluding hydrogens is 304 g/mol. The molecule has 0 bridgehead atoms. The summed E-state index contributed by atoms with van der Waals surface area (Å²) in [6.07, 6.45) is 0.890. The number of benzene rings is 2. The van der Waals surface area contributed by atoms with Crippen LogP contribution in [0.15, 0.2) is 48.5 Å². The first-order chi connectivity index (χ1) is 10.2. The number of halogens is 1. The van der Waals surface area contributed by atoms with E-state index in [0.29, 0.717) is 10.1 Å². The Kier molecular flexibility index (Phi) is 5.84. The first kappa shape index (κ1) is 15.6. The normalized spacial score (nSPS) is 10.0. The molecule has 0 radical (unpaired) electrons. The van der Waals surface area contributed by atoms with Gasteiger partial charge in [0.25, 0.3) is 0 Å². The highest BCUT2D eigenvalue weighted by atomic mass is 35.5. The number of methoxy groups -OCH3 is 1. The van der Waals surface area contributed by atoms with Gasteiger partial charge in [-0.15, -0.1) is 0 Å². The molecule has 0 aliphatic rings. The third-order valence-corrected chi connectivity index (χ3v) is 3.42. The van der Waals surface area contributed by atoms with E-state index in [9.17, 15) is 0 Å². The number of rotatable bonds is 5. The fourth-order valence-electron chi connectivity index (χ4n) is 1.85. The monoisotopic (exact) mass is 320 g/mol. The lowest BCUT2D eigenvalue weighted by atomic mass is 10.1. The molecule has 0 amide bonds. The van der Waals surface area contributed by atoms with Crippen LogP contribution in [0.2, 0.25) is 5.02 Å². The third-order valence-electron chi connectivity index (χ3n) is 2.94. The van der Waals surface area contributed by atoms with E-state index in [0.717, 1.165) is 24.4 Å². The van der Waals surface area contributed by atoms with Crippen LogP contribution in [0.3, 0.4) is 0 Å². The van der Waals surface area contributed by atoms with Gasteiger partial charge >= 0.3 is 0 Å². The molecule has 21 heavy (non-hydrogen) atoms. The first-order valence-electron chi connectivity index (χ1n) is 6.61. The molecule has 0 aromatic heterocycles. The Morgan fingerprint density at radius 1 is 1.19 bits per heavy atom. The van der Waals surface area contributed by atoms with E-state index in [1.807, 2.05) is 48.5 Å². The molecule has 2 N–H and O–H groups in total. The lowest BCUT2D eigenvalue weighted by Gasteiger charge is -2.11. The van der Waals surface area contributed by atoms with Crippen LogP contribution in [0.25, 0.3) is 0 Å². The maximum absolute atomic E-state index is 5.92. The van der Waals surface area contributed by atoms with Crippen molar-refractivity contribution in [3.63, 3.8) is 0 Å². The van der Waals surface area contributed by atoms with Crippen molar-refractivity contribution in [1.29, 1.82) is 0 Å². The number of hydrogen-bond acceptors (Lipinski definition) is 2. The van der Waals surface area contributed by atoms with Crippen LogP contribution >= 0.6 is 23.8 Å². The van der Waals surface area contributed by atoms with Gasteiger partial charge in [0.2, 0.25) is 0 Å². The quantitative estimate of drug-likeness (QED) is 0.819. The van der Waals surface area contributed by atoms with E-state index in [2.05, 4.69) is 10.6 Å². The van der Waals surface area contributed by atoms with E-state index >= 15 is 0 Å². The zero-order valence-corrected chi connectivity index (χ0v) is 13.3. The predicted octanol–water partition coefficient (Wildman–Crippen LogP) is 3.88. The molecule has 110 valence electrons. The molecule has 0 aliphatic heterocycles. The summed E-state index contributed by atoms with van der Waals surface area (Å²) in [5, 5.41) is 7.55. The molecule has 2 rings (SSSR count). The molecule has 5 heteroatoms. The molecule has 0 spiro atoms. The summed E-state index contributed by atoms with van der Waals surface area (Å²) in [6, 6.07) is 15.5. The summed E-state index contributed by atoms with van der Waals surface area (Å²) in [5.74, 6) is 0.866. The van der Waals surface area contributed by atoms with Crippen LogP contribution in [-0.2, 0) is 6.42 Å². The van der Waals surface area contributed by atoms with Crippen molar-refractivity contribution < 1.29 is 4.74 Å². The van der Waals surface area contributed by atoms with Gasteiger partial charge in [0.05, 0.1) is 7.11 Å². The Hall–Kier alpha value is -1.78. The largest absolute Gasteiger partial charge is 0.497 e. The van der Waals surface area contributed by atoms with E-state index < -0.39 is 0 Å². The average molecular weight is 321 g/mol. The smallest absolute Gasteiger partial charge is 0.170 e. The van der Waals surface area contributed by atoms with Gasteiger partial charge in [0.1, 0.15) is 5.75 Å². The number of thiocarbonyl (C=S) groups is 1. The van der Waals surface area contributed by atoms with Crippen LogP contribution in [0.4, 0.5) is 5.69 Å². The van der Waals surface area contributed by atoms with Gasteiger partial charge in [-0.25, -0.2) is 0 Å². The van der Waals surface area contributed by atoms with Crippen molar-refractivity contribution in [3.05, 3.63) is 59.1 Å². The van der Waals surface area contributed by atoms with Gasteiger partial charge in [0.15, 0.2) is 5.11 Å². The molecule has 0 atom stereocenters. The van der Waals surface area contributed by atoms with Crippen LogP contribution in [0, 0.1) is 0 Å². The van der Waals surface area contributed by atoms with Crippen molar-refractivity contribution in [2.24, 2.45) is 0 Å². The topological polar surface area (TPSA) is 33.3 Å². The minimum atomic E-state index is 0.589. The highest BCUT2D eigenvalue weighted by molar-refractivity contribution is 7.80. The lowest BCUT2D eigenvalue weighted by Crippen LogP contribution is -2.30. The summed E-state index contributed by atoms with van der Waals surface area (Å²) in [5.41, 5.74) is 2.11. The van der Waals surface area contributed by atoms with Gasteiger partial charge in [0, 0.05) is 17.3 Å². The fraction of sp³-hybridized carbons (Fsp3) is 0.188. The van der Waals surface area contributed by atoms with Crippen molar-refractivity contribution in [1.82, 2.24) is 5.32 Å². The Morgan fingerprint density at radius 3 is 2.62 bits per heavy atom. The zero-order valence-electron chi connectivity index (χ0n) is 11.7. The number of hydrogen-bond donors (Lipinski definition) is 2. The Morgan fingerprint density at radius 2 is 1.95 bits per heavy atom. The Balaban J connectivity index is 1.76. The van der Waals surface area contributed by atoms with Crippen molar-refractivity contribution in [2.75, 3.05) is 19.0 Å². The second kappa shape index (κ2) is 7.86. The summed E-state index contributed by atoms with van der Waals surface area (Å²) in [7, 11) is 1.66. The molecule has 0 unspecified atom stereocenters. The molecule has 0 saturated carbocycles. The summed E-state index contributed by atoms with van der Waals surface area (Å²) >= 11 is 11.2. The van der Waals surface area contributed by atoms with Gasteiger partial charge in [-0.1, -0.05) is 29.8 Å². The molecule has 0 saturated heterocycles. The Bertz CT molecular complexity index is 601. The fourth-order valence-corrected chi connectivity index (χ4v) is 2.26. The maximum atomic E-state index is 5.92. The molecule has 2 aromatic rings. The van der Waals surface area contributed by atoms with Crippen LogP contribution in [0.5, 0.6) is 5.75 Å². The molecule has 0 fully saturated rings. The van der Waals surface area contributed by atoms with Gasteiger partial charge in [-0.05, 0) is 54.5 Å². The zero-order chi connectivity index (χ0) is 15.1. The second-order valence-electron chi connectivity index (χ2n) is 4.49. The van der Waals surface area contributed by atoms with Crippen molar-refractivity contribution in [3.8, 4) is 5.75 Å². The van der Waals surface area contributed by atoms with E-state index in [1.165, 1.54) is 5.56 Å². The van der Waals surface area contributed by atoms with Gasteiger partial charge in [-0.2, -0.15) is 0 Å². The molecular formula is C16H17ClN2OS. The Labute approximate surface area is 135 Å². The highest BCUT2D eigenvalue weighted by Crippen LogP contribution is 2.14. The van der Waals surface area contributed by atoms with Crippen LogP contribution in [-0.4, -0.2) is 18.8 Å². The number of anilines is 1. The SMILES string of the molecule is COc1ccc(CCNC(=S)Nc2cccc(Cl)c2)cc1. The summed E-state index contributed by atoms with van der Waals surface area (Å²) in [6.45, 7) is 0.763. The maximum Gasteiger partial charge on any atom is 0.170 e. The van der Waals surface area contributed by atoms with E-state index in [-0.39, 0.29) is 0 Å². The molecule has 0 heterocycles. The van der Waals surface area contributed by atoms with Crippen molar-refractivity contribution >= 4 is 34.6 Å². The highest BCUT2D eigenvalue weighted by Gasteiger charge is 1.99. The second-order valence-corrected chi connectivity index (χ2v) is 5.33. The van der Waals surface area contributed by atoms with Crippen LogP contribution < -0.4 is 15.4 Å². The number of nitrogens with one attached hydrogen (secondary N) is 2. The standard InChI is InChI=1S/C16H17ClN2OS/c1-20-15-7-5-12(6-8-15)9-10-18-16(21)19-14-4-2-3-13(17)11-14/h2-8,11H,9-10H2,1H3,(H2,18,19,21). The average Bonchev–Trinajstić information content (AvgIpc) is 2.48. The summed E-state index contributed by atoms with van der Waals surface area (Å²) < 4.78 is 5.13.